The summed E-state index contributed by atoms with van der Waals surface area (Å²) in [6.07, 6.45) is 3.25. The van der Waals surface area contributed by atoms with Crippen molar-refractivity contribution in [3.8, 4) is 0 Å². The predicted molar refractivity (Wildman–Crippen MR) is 54.8 cm³/mol. The van der Waals surface area contributed by atoms with E-state index in [2.05, 4.69) is 44.5 Å². The molecule has 0 amide bonds. The van der Waals surface area contributed by atoms with E-state index >= 15 is 0 Å². The number of rotatable bonds is 2. The molecule has 1 aromatic rings. The first kappa shape index (κ1) is 10.8. The Morgan fingerprint density at radius 3 is 2.18 bits per heavy atom. The number of hydrogen-bond donors (Lipinski definition) is 0. The molecule has 0 aliphatic carbocycles. The highest BCUT2D eigenvalue weighted by atomic mass is 27.0. The Morgan fingerprint density at radius 1 is 1.18 bits per heavy atom. The van der Waals surface area contributed by atoms with E-state index in [1.807, 2.05) is 0 Å². The van der Waals surface area contributed by atoms with Crippen LogP contribution in [0.25, 0.3) is 0 Å². The molecule has 0 heterocycles. The Morgan fingerprint density at radius 2 is 1.73 bits per heavy atom. The first-order chi connectivity index (χ1) is 4.83. The monoisotopic (exact) mass is 163 g/mol. The van der Waals surface area contributed by atoms with Crippen molar-refractivity contribution in [3.63, 3.8) is 0 Å². The Labute approximate surface area is 79.8 Å². The molecule has 11 heavy (non-hydrogen) atoms. The number of hydrogen-bond acceptors (Lipinski definition) is 0. The van der Waals surface area contributed by atoms with Crippen LogP contribution in [-0.2, 0) is 6.42 Å². The summed E-state index contributed by atoms with van der Waals surface area (Å²) in [7, 11) is 0. The molecule has 0 saturated carbocycles. The van der Waals surface area contributed by atoms with E-state index in [0.717, 1.165) is 6.42 Å². The summed E-state index contributed by atoms with van der Waals surface area (Å²) in [6.45, 7) is 4.19. The molecule has 0 aliphatic rings. The minimum absolute atomic E-state index is 0. The van der Waals surface area contributed by atoms with E-state index in [9.17, 15) is 0 Å². The highest BCUT2D eigenvalue weighted by molar-refractivity contribution is 5.75. The summed E-state index contributed by atoms with van der Waals surface area (Å²) in [5.41, 5.74) is 2.73. The van der Waals surface area contributed by atoms with Gasteiger partial charge in [-0.25, -0.2) is 0 Å². The van der Waals surface area contributed by atoms with Gasteiger partial charge in [-0.2, -0.15) is 0 Å². The summed E-state index contributed by atoms with van der Waals surface area (Å²) >= 11 is 0. The van der Waals surface area contributed by atoms with Gasteiger partial charge in [0.15, 0.2) is 17.4 Å². The molecule has 0 spiro atoms. The zero-order valence-corrected chi connectivity index (χ0v) is 6.59. The van der Waals surface area contributed by atoms with Gasteiger partial charge in [-0.15, -0.1) is 0 Å². The summed E-state index contributed by atoms with van der Waals surface area (Å²) in [4.78, 5) is 0. The topological polar surface area (TPSA) is 0 Å². The third-order valence-electron chi connectivity index (χ3n) is 1.56. The molecule has 0 N–H and O–H groups in total. The molecule has 0 aliphatic heterocycles. The Bertz CT molecular complexity index is 189. The van der Waals surface area contributed by atoms with E-state index in [4.69, 9.17) is 0 Å². The molecule has 0 unspecified atom stereocenters. The van der Waals surface area contributed by atoms with Gasteiger partial charge >= 0.3 is 0 Å². The van der Waals surface area contributed by atoms with Gasteiger partial charge in [-0.3, -0.25) is 0 Å². The van der Waals surface area contributed by atoms with E-state index in [1.165, 1.54) is 11.1 Å². The van der Waals surface area contributed by atoms with Crippen LogP contribution in [-0.4, -0.2) is 17.4 Å². The fourth-order valence-corrected chi connectivity index (χ4v) is 0.960. The largest absolute Gasteiger partial charge is 0.187 e. The van der Waals surface area contributed by atoms with E-state index in [-0.39, 0.29) is 17.4 Å². The fraction of sp³-hybridized carbons (Fsp3) is 0.300. The SMILES string of the molecule is C[CH]Cc1ccc(C)cc1.[AlH3]. The molecule has 0 atom stereocenters. The van der Waals surface area contributed by atoms with Gasteiger partial charge < -0.3 is 0 Å². The Hall–Kier alpha value is -0.248. The van der Waals surface area contributed by atoms with Crippen LogP contribution in [0.1, 0.15) is 18.1 Å². The van der Waals surface area contributed by atoms with Crippen molar-refractivity contribution in [2.75, 3.05) is 0 Å². The maximum atomic E-state index is 2.18. The van der Waals surface area contributed by atoms with Gasteiger partial charge in [0.05, 0.1) is 0 Å². The van der Waals surface area contributed by atoms with Crippen molar-refractivity contribution in [1.29, 1.82) is 0 Å². The molecule has 0 saturated heterocycles. The lowest BCUT2D eigenvalue weighted by atomic mass is 10.1. The molecule has 1 rings (SSSR count). The van der Waals surface area contributed by atoms with E-state index < -0.39 is 0 Å². The van der Waals surface area contributed by atoms with Crippen LogP contribution in [0.5, 0.6) is 0 Å². The highest BCUT2D eigenvalue weighted by Gasteiger charge is 1.88. The summed E-state index contributed by atoms with van der Waals surface area (Å²) in [5, 5.41) is 0. The first-order valence-electron chi connectivity index (χ1n) is 3.66. The highest BCUT2D eigenvalue weighted by Crippen LogP contribution is 2.04. The maximum Gasteiger partial charge on any atom is 0.187 e. The minimum Gasteiger partial charge on any atom is -0.0619 e. The summed E-state index contributed by atoms with van der Waals surface area (Å²) in [6, 6.07) is 8.66. The molecular weight excluding hydrogens is 147 g/mol. The van der Waals surface area contributed by atoms with Gasteiger partial charge in [0.2, 0.25) is 0 Å². The van der Waals surface area contributed by atoms with Gasteiger partial charge in [0.1, 0.15) is 0 Å². The van der Waals surface area contributed by atoms with Crippen LogP contribution in [0, 0.1) is 13.3 Å². The quantitative estimate of drug-likeness (QED) is 0.581. The van der Waals surface area contributed by atoms with Crippen LogP contribution in [0.3, 0.4) is 0 Å². The second-order valence-corrected chi connectivity index (χ2v) is 2.60. The normalized spacial score (nSPS) is 8.91. The molecule has 1 aromatic carbocycles. The smallest absolute Gasteiger partial charge is 0.0619 e. The number of benzene rings is 1. The van der Waals surface area contributed by atoms with Crippen LogP contribution < -0.4 is 0 Å². The van der Waals surface area contributed by atoms with Crippen LogP contribution >= 0.6 is 0 Å². The van der Waals surface area contributed by atoms with E-state index in [1.54, 1.807) is 0 Å². The molecule has 0 bridgehead atoms. The average Bonchev–Trinajstić information content (AvgIpc) is 1.95. The van der Waals surface area contributed by atoms with Gasteiger partial charge in [-0.1, -0.05) is 36.8 Å². The molecule has 59 valence electrons. The van der Waals surface area contributed by atoms with Crippen LogP contribution in [0.15, 0.2) is 24.3 Å². The van der Waals surface area contributed by atoms with Crippen molar-refractivity contribution >= 4 is 17.4 Å². The molecule has 1 radical (unpaired) electrons. The van der Waals surface area contributed by atoms with Crippen molar-refractivity contribution in [3.05, 3.63) is 41.8 Å². The van der Waals surface area contributed by atoms with Crippen LogP contribution in [0.4, 0.5) is 0 Å². The van der Waals surface area contributed by atoms with Gasteiger partial charge in [0, 0.05) is 0 Å². The lowest BCUT2D eigenvalue weighted by molar-refractivity contribution is 1.14. The number of aryl methyl sites for hydroxylation is 1. The molecule has 0 fully saturated rings. The van der Waals surface area contributed by atoms with Crippen molar-refractivity contribution in [1.82, 2.24) is 0 Å². The van der Waals surface area contributed by atoms with Crippen LogP contribution in [0.2, 0.25) is 0 Å². The zero-order valence-electron chi connectivity index (χ0n) is 6.59. The second-order valence-electron chi connectivity index (χ2n) is 2.60. The minimum atomic E-state index is 0. The third kappa shape index (κ3) is 3.60. The molecule has 1 heteroatoms. The molecular formula is C10H16Al. The first-order valence-corrected chi connectivity index (χ1v) is 3.66. The second kappa shape index (κ2) is 5.41. The van der Waals surface area contributed by atoms with Gasteiger partial charge in [-0.05, 0) is 25.3 Å². The summed E-state index contributed by atoms with van der Waals surface area (Å²) < 4.78 is 0. The lowest BCUT2D eigenvalue weighted by Gasteiger charge is -1.96. The average molecular weight is 163 g/mol. The molecule has 0 aromatic heterocycles. The standard InChI is InChI=1S/C10H13.Al.3H/c1-3-4-10-7-5-9(2)6-8-10;;;;/h3,5-8H,4H2,1-2H3;;;;. The zero-order chi connectivity index (χ0) is 7.40. The predicted octanol–water partition coefficient (Wildman–Crippen LogP) is 1.58. The van der Waals surface area contributed by atoms with Gasteiger partial charge in [0.25, 0.3) is 0 Å². The van der Waals surface area contributed by atoms with E-state index in [0.29, 0.717) is 0 Å². The lowest BCUT2D eigenvalue weighted by Crippen LogP contribution is -1.82. The Kier molecular flexibility index (Phi) is 5.29. The Balaban J connectivity index is 0.000001000. The maximum absolute atomic E-state index is 2.18. The van der Waals surface area contributed by atoms with Crippen molar-refractivity contribution < 1.29 is 0 Å². The summed E-state index contributed by atoms with van der Waals surface area (Å²) in [5.74, 6) is 0. The van der Waals surface area contributed by atoms with Crippen molar-refractivity contribution in [2.45, 2.75) is 20.3 Å². The molecule has 0 nitrogen and oxygen atoms in total. The fourth-order valence-electron chi connectivity index (χ4n) is 0.960. The van der Waals surface area contributed by atoms with Crippen molar-refractivity contribution in [2.24, 2.45) is 0 Å². The third-order valence-corrected chi connectivity index (χ3v) is 1.56.